The van der Waals surface area contributed by atoms with E-state index in [1.54, 1.807) is 30.3 Å². The molecule has 0 spiro atoms. The van der Waals surface area contributed by atoms with Crippen molar-refractivity contribution in [3.8, 4) is 11.6 Å². The molecule has 1 N–H and O–H groups in total. The first kappa shape index (κ1) is 13.2. The van der Waals surface area contributed by atoms with Gasteiger partial charge in [-0.2, -0.15) is 0 Å². The zero-order valence-electron chi connectivity index (χ0n) is 10.5. The summed E-state index contributed by atoms with van der Waals surface area (Å²) in [5.41, 5.74) is -0.880. The number of carboxylic acid groups (broad SMARTS) is 1. The van der Waals surface area contributed by atoms with Gasteiger partial charge in [0.2, 0.25) is 0 Å². The average molecular weight is 290 g/mol. The summed E-state index contributed by atoms with van der Waals surface area (Å²) >= 11 is 0. The van der Waals surface area contributed by atoms with E-state index in [-0.39, 0.29) is 11.6 Å². The Morgan fingerprint density at radius 2 is 2.05 bits per heavy atom. The molecule has 0 radical (unpaired) electrons. The monoisotopic (exact) mass is 290 g/mol. The topological polar surface area (TPSA) is 76.2 Å². The van der Waals surface area contributed by atoms with Crippen LogP contribution >= 0.6 is 0 Å². The van der Waals surface area contributed by atoms with Gasteiger partial charge in [0.05, 0.1) is 0 Å². The third-order valence-corrected chi connectivity index (χ3v) is 2.90. The minimum Gasteiger partial charge on any atom is -0.478 e. The van der Waals surface area contributed by atoms with Gasteiger partial charge in [-0.15, -0.1) is 0 Å². The summed E-state index contributed by atoms with van der Waals surface area (Å²) in [7, 11) is 0. The van der Waals surface area contributed by atoms with E-state index in [9.17, 15) is 13.6 Å². The number of carbonyl (C=O) groups is 1. The molecule has 2 heterocycles. The van der Waals surface area contributed by atoms with Crippen LogP contribution in [0.4, 0.5) is 8.78 Å². The van der Waals surface area contributed by atoms with Crippen molar-refractivity contribution in [3.63, 3.8) is 0 Å². The van der Waals surface area contributed by atoms with E-state index < -0.39 is 23.7 Å². The Morgan fingerprint density at radius 3 is 2.71 bits per heavy atom. The molecule has 0 aliphatic rings. The normalized spacial score (nSPS) is 11.2. The lowest BCUT2D eigenvalue weighted by Crippen LogP contribution is -2.07. The van der Waals surface area contributed by atoms with Crippen molar-refractivity contribution in [2.45, 2.75) is 6.43 Å². The smallest absolute Gasteiger partial charge is 0.339 e. The number of aromatic carboxylic acids is 1. The van der Waals surface area contributed by atoms with Crippen LogP contribution in [0.2, 0.25) is 0 Å². The van der Waals surface area contributed by atoms with Gasteiger partial charge in [-0.25, -0.2) is 23.5 Å². The molecule has 0 saturated heterocycles. The fraction of sp³-hybridized carbons (Fsp3) is 0.0714. The van der Waals surface area contributed by atoms with Crippen LogP contribution < -0.4 is 0 Å². The highest BCUT2D eigenvalue weighted by Crippen LogP contribution is 2.28. The first-order chi connectivity index (χ1) is 10.1. The van der Waals surface area contributed by atoms with Gasteiger partial charge in [0.15, 0.2) is 11.6 Å². The van der Waals surface area contributed by atoms with Gasteiger partial charge in [-0.3, -0.25) is 0 Å². The summed E-state index contributed by atoms with van der Waals surface area (Å²) in [5.74, 6) is -1.37. The third-order valence-electron chi connectivity index (χ3n) is 2.90. The maximum atomic E-state index is 12.9. The minimum absolute atomic E-state index is 0.0773. The number of rotatable bonds is 3. The molecule has 0 amide bonds. The second-order valence-electron chi connectivity index (χ2n) is 4.25. The number of furan rings is 1. The molecular weight excluding hydrogens is 282 g/mol. The first-order valence-electron chi connectivity index (χ1n) is 5.93. The Balaban J connectivity index is 2.14. The molecule has 0 atom stereocenters. The zero-order chi connectivity index (χ0) is 15.0. The molecule has 3 rings (SSSR count). The van der Waals surface area contributed by atoms with Gasteiger partial charge < -0.3 is 9.52 Å². The third kappa shape index (κ3) is 2.33. The van der Waals surface area contributed by atoms with Crippen LogP contribution in [0.5, 0.6) is 0 Å². The standard InChI is InChI=1S/C14H8F2N2O3/c15-12(16)11-8(14(19)20)6-17-13(18-11)10-5-7-3-1-2-4-9(7)21-10/h1-6,12H,(H,19,20). The van der Waals surface area contributed by atoms with E-state index in [1.165, 1.54) is 0 Å². The van der Waals surface area contributed by atoms with Gasteiger partial charge in [0.25, 0.3) is 6.43 Å². The highest BCUT2D eigenvalue weighted by molar-refractivity contribution is 5.89. The Bertz CT molecular complexity index is 797. The van der Waals surface area contributed by atoms with Crippen molar-refractivity contribution in [3.05, 3.63) is 47.8 Å². The highest BCUT2D eigenvalue weighted by Gasteiger charge is 2.22. The summed E-state index contributed by atoms with van der Waals surface area (Å²) in [6.07, 6.45) is -2.15. The Hall–Kier alpha value is -2.83. The van der Waals surface area contributed by atoms with Crippen LogP contribution in [0.3, 0.4) is 0 Å². The van der Waals surface area contributed by atoms with Crippen molar-refractivity contribution in [2.75, 3.05) is 0 Å². The summed E-state index contributed by atoms with van der Waals surface area (Å²) in [6, 6.07) is 8.70. The Morgan fingerprint density at radius 1 is 1.29 bits per heavy atom. The lowest BCUT2D eigenvalue weighted by atomic mass is 10.2. The lowest BCUT2D eigenvalue weighted by Gasteiger charge is -2.04. The molecule has 0 bridgehead atoms. The van der Waals surface area contributed by atoms with Crippen molar-refractivity contribution in [2.24, 2.45) is 0 Å². The number of aromatic nitrogens is 2. The minimum atomic E-state index is -3.01. The van der Waals surface area contributed by atoms with E-state index in [1.807, 2.05) is 0 Å². The van der Waals surface area contributed by atoms with E-state index >= 15 is 0 Å². The van der Waals surface area contributed by atoms with Crippen LogP contribution in [0.15, 0.2) is 40.9 Å². The predicted octanol–water partition coefficient (Wildman–Crippen LogP) is 3.53. The highest BCUT2D eigenvalue weighted by atomic mass is 19.3. The number of halogens is 2. The van der Waals surface area contributed by atoms with Gasteiger partial charge in [-0.1, -0.05) is 18.2 Å². The molecule has 0 aliphatic carbocycles. The Labute approximate surface area is 116 Å². The largest absolute Gasteiger partial charge is 0.478 e. The summed E-state index contributed by atoms with van der Waals surface area (Å²) in [6.45, 7) is 0. The molecule has 1 aromatic carbocycles. The van der Waals surface area contributed by atoms with Crippen molar-refractivity contribution in [1.82, 2.24) is 9.97 Å². The van der Waals surface area contributed by atoms with Crippen molar-refractivity contribution in [1.29, 1.82) is 0 Å². The fourth-order valence-electron chi connectivity index (χ4n) is 1.94. The Kier molecular flexibility index (Phi) is 3.09. The van der Waals surface area contributed by atoms with E-state index in [0.717, 1.165) is 11.6 Å². The van der Waals surface area contributed by atoms with Crippen LogP contribution in [0.1, 0.15) is 22.5 Å². The molecule has 0 aliphatic heterocycles. The van der Waals surface area contributed by atoms with Crippen LogP contribution in [-0.4, -0.2) is 21.0 Å². The molecule has 2 aromatic heterocycles. The molecule has 7 heteroatoms. The van der Waals surface area contributed by atoms with E-state index in [2.05, 4.69) is 9.97 Å². The number of fused-ring (bicyclic) bond motifs is 1. The second-order valence-corrected chi connectivity index (χ2v) is 4.25. The SMILES string of the molecule is O=C(O)c1cnc(-c2cc3ccccc3o2)nc1C(F)F. The molecule has 3 aromatic rings. The molecule has 106 valence electrons. The number of benzene rings is 1. The van der Waals surface area contributed by atoms with Gasteiger partial charge in [-0.05, 0) is 12.1 Å². The summed E-state index contributed by atoms with van der Waals surface area (Å²) < 4.78 is 31.3. The van der Waals surface area contributed by atoms with Gasteiger partial charge in [0, 0.05) is 11.6 Å². The molecular formula is C14H8F2N2O3. The van der Waals surface area contributed by atoms with Gasteiger partial charge in [0.1, 0.15) is 16.8 Å². The number of nitrogens with zero attached hydrogens (tertiary/aromatic N) is 2. The van der Waals surface area contributed by atoms with Crippen molar-refractivity contribution >= 4 is 16.9 Å². The number of carboxylic acids is 1. The van der Waals surface area contributed by atoms with Crippen LogP contribution in [0.25, 0.3) is 22.6 Å². The lowest BCUT2D eigenvalue weighted by molar-refractivity contribution is 0.0681. The number of hydrogen-bond acceptors (Lipinski definition) is 4. The van der Waals surface area contributed by atoms with Crippen molar-refractivity contribution < 1.29 is 23.1 Å². The second kappa shape index (κ2) is 4.93. The van der Waals surface area contributed by atoms with E-state index in [4.69, 9.17) is 9.52 Å². The maximum Gasteiger partial charge on any atom is 0.339 e. The van der Waals surface area contributed by atoms with E-state index in [0.29, 0.717) is 5.58 Å². The molecule has 0 unspecified atom stereocenters. The first-order valence-corrected chi connectivity index (χ1v) is 5.93. The average Bonchev–Trinajstić information content (AvgIpc) is 2.90. The van der Waals surface area contributed by atoms with Crippen LogP contribution in [-0.2, 0) is 0 Å². The maximum absolute atomic E-state index is 12.9. The molecule has 21 heavy (non-hydrogen) atoms. The molecule has 0 saturated carbocycles. The van der Waals surface area contributed by atoms with Gasteiger partial charge >= 0.3 is 5.97 Å². The summed E-state index contributed by atoms with van der Waals surface area (Å²) in [5, 5.41) is 9.63. The predicted molar refractivity (Wildman–Crippen MR) is 69.2 cm³/mol. The molecule has 5 nitrogen and oxygen atoms in total. The molecule has 0 fully saturated rings. The summed E-state index contributed by atoms with van der Waals surface area (Å²) in [4.78, 5) is 18.3. The number of hydrogen-bond donors (Lipinski definition) is 1. The fourth-order valence-corrected chi connectivity index (χ4v) is 1.94. The quantitative estimate of drug-likeness (QED) is 0.798. The number of alkyl halides is 2. The zero-order valence-corrected chi connectivity index (χ0v) is 10.5. The number of para-hydroxylation sites is 1. The van der Waals surface area contributed by atoms with Crippen LogP contribution in [0, 0.1) is 0 Å².